The maximum Gasteiger partial charge on any atom is 0.155 e. The summed E-state index contributed by atoms with van der Waals surface area (Å²) in [6, 6.07) is 8.38. The van der Waals surface area contributed by atoms with Crippen LogP contribution in [0.5, 0.6) is 0 Å². The number of benzene rings is 1. The van der Waals surface area contributed by atoms with Crippen LogP contribution in [0.3, 0.4) is 0 Å². The van der Waals surface area contributed by atoms with Gasteiger partial charge in [-0.05, 0) is 34.0 Å². The van der Waals surface area contributed by atoms with E-state index in [2.05, 4.69) is 62.4 Å². The van der Waals surface area contributed by atoms with Gasteiger partial charge in [-0.15, -0.1) is 0 Å². The van der Waals surface area contributed by atoms with E-state index in [1.165, 1.54) is 11.3 Å². The van der Waals surface area contributed by atoms with Crippen LogP contribution in [-0.4, -0.2) is 14.4 Å². The molecule has 0 saturated carbocycles. The van der Waals surface area contributed by atoms with Crippen LogP contribution in [-0.2, 0) is 13.0 Å². The van der Waals surface area contributed by atoms with Gasteiger partial charge >= 0.3 is 0 Å². The SMILES string of the molecule is CCc1ccccc1NCc1cnc2cnc(Br)cn12. The molecule has 2 heterocycles. The topological polar surface area (TPSA) is 42.2 Å². The Morgan fingerprint density at radius 1 is 1.20 bits per heavy atom. The van der Waals surface area contributed by atoms with E-state index in [-0.39, 0.29) is 0 Å². The van der Waals surface area contributed by atoms with Gasteiger partial charge in [0.15, 0.2) is 5.65 Å². The molecule has 1 N–H and O–H groups in total. The third-order valence-electron chi connectivity index (χ3n) is 3.30. The number of aryl methyl sites for hydroxylation is 1. The van der Waals surface area contributed by atoms with Crippen LogP contribution in [0.25, 0.3) is 5.65 Å². The summed E-state index contributed by atoms with van der Waals surface area (Å²) in [5.74, 6) is 0. The fourth-order valence-electron chi connectivity index (χ4n) is 2.23. The van der Waals surface area contributed by atoms with E-state index >= 15 is 0 Å². The molecule has 0 aliphatic carbocycles. The minimum Gasteiger partial charge on any atom is -0.379 e. The zero-order chi connectivity index (χ0) is 13.9. The van der Waals surface area contributed by atoms with Crippen molar-refractivity contribution in [2.45, 2.75) is 19.9 Å². The summed E-state index contributed by atoms with van der Waals surface area (Å²) in [6.07, 6.45) is 6.59. The lowest BCUT2D eigenvalue weighted by molar-refractivity contribution is 0.978. The number of hydrogen-bond acceptors (Lipinski definition) is 3. The summed E-state index contributed by atoms with van der Waals surface area (Å²) in [7, 11) is 0. The molecule has 0 spiro atoms. The Hall–Kier alpha value is -1.88. The van der Waals surface area contributed by atoms with Crippen molar-refractivity contribution >= 4 is 27.3 Å². The first-order valence-corrected chi connectivity index (χ1v) is 7.36. The highest BCUT2D eigenvalue weighted by Gasteiger charge is 2.05. The molecule has 102 valence electrons. The van der Waals surface area contributed by atoms with Crippen molar-refractivity contribution in [1.82, 2.24) is 14.4 Å². The van der Waals surface area contributed by atoms with E-state index in [4.69, 9.17) is 0 Å². The number of anilines is 1. The van der Waals surface area contributed by atoms with Gasteiger partial charge in [0.1, 0.15) is 4.60 Å². The van der Waals surface area contributed by atoms with Crippen LogP contribution in [0, 0.1) is 0 Å². The minimum atomic E-state index is 0.731. The Morgan fingerprint density at radius 3 is 2.90 bits per heavy atom. The fraction of sp³-hybridized carbons (Fsp3) is 0.200. The molecule has 0 amide bonds. The molecule has 0 radical (unpaired) electrons. The normalized spacial score (nSPS) is 10.9. The Morgan fingerprint density at radius 2 is 2.05 bits per heavy atom. The molecule has 0 unspecified atom stereocenters. The summed E-state index contributed by atoms with van der Waals surface area (Å²) >= 11 is 3.39. The van der Waals surface area contributed by atoms with Crippen LogP contribution >= 0.6 is 15.9 Å². The second-order valence-electron chi connectivity index (χ2n) is 4.55. The fourth-order valence-corrected chi connectivity index (χ4v) is 2.54. The molecular formula is C15H15BrN4. The summed E-state index contributed by atoms with van der Waals surface area (Å²) in [5.41, 5.74) is 4.46. The lowest BCUT2D eigenvalue weighted by Crippen LogP contribution is -2.04. The molecule has 0 aliphatic heterocycles. The maximum absolute atomic E-state index is 4.35. The van der Waals surface area contributed by atoms with E-state index in [1.54, 1.807) is 6.20 Å². The van der Waals surface area contributed by atoms with Gasteiger partial charge in [-0.25, -0.2) is 9.97 Å². The summed E-state index contributed by atoms with van der Waals surface area (Å²) in [6.45, 7) is 2.89. The van der Waals surface area contributed by atoms with Crippen molar-refractivity contribution in [1.29, 1.82) is 0 Å². The van der Waals surface area contributed by atoms with E-state index in [0.29, 0.717) is 0 Å². The molecule has 4 nitrogen and oxygen atoms in total. The molecule has 1 aromatic carbocycles. The average molecular weight is 331 g/mol. The van der Waals surface area contributed by atoms with Gasteiger partial charge in [-0.3, -0.25) is 4.40 Å². The lowest BCUT2D eigenvalue weighted by atomic mass is 10.1. The third kappa shape index (κ3) is 2.54. The van der Waals surface area contributed by atoms with Crippen molar-refractivity contribution in [3.8, 4) is 0 Å². The molecule has 3 aromatic rings. The van der Waals surface area contributed by atoms with Gasteiger partial charge in [-0.2, -0.15) is 0 Å². The van der Waals surface area contributed by atoms with Crippen LogP contribution in [0.15, 0.2) is 47.5 Å². The lowest BCUT2D eigenvalue weighted by Gasteiger charge is -2.10. The van der Waals surface area contributed by atoms with E-state index in [0.717, 1.165) is 28.9 Å². The van der Waals surface area contributed by atoms with Gasteiger partial charge in [0.25, 0.3) is 0 Å². The van der Waals surface area contributed by atoms with Crippen molar-refractivity contribution in [2.24, 2.45) is 0 Å². The van der Waals surface area contributed by atoms with Gasteiger partial charge in [-0.1, -0.05) is 25.1 Å². The van der Waals surface area contributed by atoms with Crippen LogP contribution in [0.4, 0.5) is 5.69 Å². The predicted octanol–water partition coefficient (Wildman–Crippen LogP) is 3.67. The quantitative estimate of drug-likeness (QED) is 0.793. The van der Waals surface area contributed by atoms with Crippen LogP contribution < -0.4 is 5.32 Å². The number of nitrogens with one attached hydrogen (secondary N) is 1. The summed E-state index contributed by atoms with van der Waals surface area (Å²) in [4.78, 5) is 8.53. The summed E-state index contributed by atoms with van der Waals surface area (Å²) in [5, 5.41) is 3.48. The third-order valence-corrected chi connectivity index (χ3v) is 3.71. The highest BCUT2D eigenvalue weighted by molar-refractivity contribution is 9.10. The van der Waals surface area contributed by atoms with Crippen molar-refractivity contribution in [3.63, 3.8) is 0 Å². The Kier molecular flexibility index (Phi) is 3.69. The van der Waals surface area contributed by atoms with Crippen LogP contribution in [0.2, 0.25) is 0 Å². The van der Waals surface area contributed by atoms with Gasteiger partial charge in [0.05, 0.1) is 24.6 Å². The standard InChI is InChI=1S/C15H15BrN4/c1-2-11-5-3-4-6-13(11)17-7-12-8-19-15-9-18-14(16)10-20(12)15/h3-6,8-10,17H,2,7H2,1H3. The second-order valence-corrected chi connectivity index (χ2v) is 5.36. The first-order chi connectivity index (χ1) is 9.78. The molecule has 2 aromatic heterocycles. The Labute approximate surface area is 126 Å². The van der Waals surface area contributed by atoms with Gasteiger partial charge in [0.2, 0.25) is 0 Å². The molecule has 20 heavy (non-hydrogen) atoms. The highest BCUT2D eigenvalue weighted by Crippen LogP contribution is 2.17. The Bertz CT molecular complexity index is 736. The zero-order valence-corrected chi connectivity index (χ0v) is 12.8. The molecule has 0 saturated heterocycles. The molecule has 0 fully saturated rings. The minimum absolute atomic E-state index is 0.731. The van der Waals surface area contributed by atoms with Crippen molar-refractivity contribution < 1.29 is 0 Å². The second kappa shape index (κ2) is 5.63. The van der Waals surface area contributed by atoms with E-state index < -0.39 is 0 Å². The van der Waals surface area contributed by atoms with E-state index in [9.17, 15) is 0 Å². The van der Waals surface area contributed by atoms with Crippen LogP contribution in [0.1, 0.15) is 18.2 Å². The van der Waals surface area contributed by atoms with Crippen molar-refractivity contribution in [3.05, 3.63) is 58.7 Å². The first-order valence-electron chi connectivity index (χ1n) is 6.57. The summed E-state index contributed by atoms with van der Waals surface area (Å²) < 4.78 is 2.84. The predicted molar refractivity (Wildman–Crippen MR) is 83.8 cm³/mol. The molecule has 5 heteroatoms. The highest BCUT2D eigenvalue weighted by atomic mass is 79.9. The number of para-hydroxylation sites is 1. The zero-order valence-electron chi connectivity index (χ0n) is 11.2. The number of hydrogen-bond donors (Lipinski definition) is 1. The number of rotatable bonds is 4. The largest absolute Gasteiger partial charge is 0.379 e. The number of nitrogens with zero attached hydrogens (tertiary/aromatic N) is 3. The van der Waals surface area contributed by atoms with E-state index in [1.807, 2.05) is 16.8 Å². The average Bonchev–Trinajstić information content (AvgIpc) is 2.87. The molecular weight excluding hydrogens is 316 g/mol. The number of imidazole rings is 1. The monoisotopic (exact) mass is 330 g/mol. The first kappa shape index (κ1) is 13.1. The number of halogens is 1. The molecule has 3 rings (SSSR count). The molecule has 0 bridgehead atoms. The Balaban J connectivity index is 1.85. The number of aromatic nitrogens is 3. The smallest absolute Gasteiger partial charge is 0.155 e. The molecule has 0 aliphatic rings. The maximum atomic E-state index is 4.35. The van der Waals surface area contributed by atoms with Crippen molar-refractivity contribution in [2.75, 3.05) is 5.32 Å². The van der Waals surface area contributed by atoms with Gasteiger partial charge in [0, 0.05) is 11.9 Å². The molecule has 0 atom stereocenters. The number of fused-ring (bicyclic) bond motifs is 1. The van der Waals surface area contributed by atoms with Gasteiger partial charge < -0.3 is 5.32 Å².